The number of rotatable bonds is 11. The van der Waals surface area contributed by atoms with E-state index in [4.69, 9.17) is 4.98 Å². The number of imide groups is 2. The molecule has 0 N–H and O–H groups in total. The number of carbonyl (C=O) groups excluding carboxylic acids is 4. The number of pyridine rings is 3. The summed E-state index contributed by atoms with van der Waals surface area (Å²) in [6.07, 6.45) is 3.99. The van der Waals surface area contributed by atoms with E-state index in [-0.39, 0.29) is 59.4 Å². The average molecular weight is 908 g/mol. The third kappa shape index (κ3) is 6.84. The molecule has 0 radical (unpaired) electrons. The van der Waals surface area contributed by atoms with Crippen molar-refractivity contribution in [2.24, 2.45) is 23.7 Å². The lowest BCUT2D eigenvalue weighted by molar-refractivity contribution is 0.0423. The first-order chi connectivity index (χ1) is 33.2. The zero-order chi connectivity index (χ0) is 48.2. The van der Waals surface area contributed by atoms with Gasteiger partial charge in [0, 0.05) is 57.5 Å². The monoisotopic (exact) mass is 907 g/mol. The number of amides is 4. The van der Waals surface area contributed by atoms with Gasteiger partial charge >= 0.3 is 0 Å². The lowest BCUT2D eigenvalue weighted by atomic mass is 9.79. The molecule has 2 aliphatic rings. The molecule has 11 rings (SSSR count). The quantitative estimate of drug-likeness (QED) is 0.0721. The van der Waals surface area contributed by atoms with Crippen molar-refractivity contribution in [2.45, 2.75) is 73.9 Å². The molecule has 0 bridgehead atoms. The normalized spacial score (nSPS) is 14.1. The Kier molecular flexibility index (Phi) is 10.5. The fourth-order valence-corrected chi connectivity index (χ4v) is 11.9. The van der Waals surface area contributed by atoms with Crippen LogP contribution in [0.1, 0.15) is 108 Å². The number of hydrogen-bond acceptors (Lipinski definition) is 7. The van der Waals surface area contributed by atoms with Crippen LogP contribution < -0.4 is 0 Å². The van der Waals surface area contributed by atoms with Crippen molar-refractivity contribution in [1.29, 1.82) is 0 Å². The van der Waals surface area contributed by atoms with Gasteiger partial charge in [-0.15, -0.1) is 0 Å². The number of nitrogens with zero attached hydrogens (tertiary/aromatic N) is 5. The minimum atomic E-state index is -0.307. The van der Waals surface area contributed by atoms with Crippen LogP contribution in [-0.4, -0.2) is 60.5 Å². The van der Waals surface area contributed by atoms with Crippen LogP contribution in [0.3, 0.4) is 0 Å². The summed E-state index contributed by atoms with van der Waals surface area (Å²) >= 11 is 0. The number of benzene rings is 6. The van der Waals surface area contributed by atoms with E-state index in [2.05, 4.69) is 102 Å². The topological polar surface area (TPSA) is 113 Å². The first-order valence-corrected chi connectivity index (χ1v) is 24.2. The van der Waals surface area contributed by atoms with Gasteiger partial charge in [0.1, 0.15) is 0 Å². The fourth-order valence-electron chi connectivity index (χ4n) is 11.9. The Hall–Kier alpha value is -7.65. The molecule has 0 saturated carbocycles. The molecular formula is C60H53N5O4. The van der Waals surface area contributed by atoms with Gasteiger partial charge in [-0.3, -0.25) is 38.9 Å². The van der Waals surface area contributed by atoms with Gasteiger partial charge in [0.2, 0.25) is 0 Å². The molecule has 4 amide bonds. The van der Waals surface area contributed by atoms with Gasteiger partial charge in [0.15, 0.2) is 0 Å². The van der Waals surface area contributed by atoms with Crippen molar-refractivity contribution in [1.82, 2.24) is 24.8 Å². The lowest BCUT2D eigenvalue weighted by Gasteiger charge is -2.39. The second-order valence-corrected chi connectivity index (χ2v) is 20.3. The van der Waals surface area contributed by atoms with E-state index >= 15 is 4.79 Å². The SMILES string of the molecule is CC(C)C(C(C)C)N1C(=O)c2ccc3c4ccc5c6c(cc(Cc7ccc(-c8cc(-c9ccccn9)nc(-c9ccccn9)c8)cc7)c(c7ccc(c2c37)C1=O)c64)C(=O)N(C(C(C)C)C(C)C)C5=O. The maximum Gasteiger partial charge on any atom is 0.261 e. The Bertz CT molecular complexity index is 3490. The van der Waals surface area contributed by atoms with Crippen LogP contribution in [0.2, 0.25) is 0 Å². The van der Waals surface area contributed by atoms with Crippen molar-refractivity contribution in [2.75, 3.05) is 0 Å². The van der Waals surface area contributed by atoms with Crippen LogP contribution in [0.5, 0.6) is 0 Å². The van der Waals surface area contributed by atoms with Gasteiger partial charge in [-0.2, -0.15) is 0 Å². The van der Waals surface area contributed by atoms with E-state index in [1.807, 2.05) is 78.9 Å². The van der Waals surface area contributed by atoms with E-state index in [1.54, 1.807) is 12.4 Å². The van der Waals surface area contributed by atoms with E-state index in [9.17, 15) is 14.4 Å². The van der Waals surface area contributed by atoms with Crippen molar-refractivity contribution in [3.63, 3.8) is 0 Å². The van der Waals surface area contributed by atoms with Crippen molar-refractivity contribution in [3.8, 4) is 33.9 Å². The summed E-state index contributed by atoms with van der Waals surface area (Å²) in [7, 11) is 0. The van der Waals surface area contributed by atoms with Gasteiger partial charge in [0.25, 0.3) is 23.6 Å². The Balaban J connectivity index is 1.12. The van der Waals surface area contributed by atoms with Gasteiger partial charge in [0.05, 0.1) is 22.8 Å². The van der Waals surface area contributed by atoms with Gasteiger partial charge in [-0.1, -0.05) is 110 Å². The van der Waals surface area contributed by atoms with Gasteiger partial charge in [-0.05, 0) is 145 Å². The summed E-state index contributed by atoms with van der Waals surface area (Å²) in [5.41, 5.74) is 8.90. The first-order valence-electron chi connectivity index (χ1n) is 24.2. The van der Waals surface area contributed by atoms with E-state index in [0.717, 1.165) is 77.3 Å². The summed E-state index contributed by atoms with van der Waals surface area (Å²) in [5.74, 6) is -0.944. The molecule has 69 heavy (non-hydrogen) atoms. The minimum Gasteiger partial charge on any atom is -0.271 e. The summed E-state index contributed by atoms with van der Waals surface area (Å²) in [4.78, 5) is 76.3. The maximum atomic E-state index is 15.1. The second kappa shape index (κ2) is 16.5. The molecule has 342 valence electrons. The lowest BCUT2D eigenvalue weighted by Crippen LogP contribution is -2.51. The standard InChI is InChI=1S/C60H53N5O4/c1-31(2)55(32(3)4)64-57(66)42-22-19-39-40-20-23-44-53-45(60(69)65(59(44)68)56(33(5)6)34(7)8)28-38(50(54(40)53)41-21-24-43(58(64)67)52(42)51(39)41)27-35-15-17-36(18-16-35)37-29-48(46-13-9-11-25-61-46)63-49(30-37)47-14-10-12-26-62-47/h9-26,28-34,55-56H,27H2,1-8H3. The van der Waals surface area contributed by atoms with Gasteiger partial charge in [-0.25, -0.2) is 4.98 Å². The zero-order valence-corrected chi connectivity index (χ0v) is 40.2. The summed E-state index contributed by atoms with van der Waals surface area (Å²) < 4.78 is 0. The third-order valence-corrected chi connectivity index (χ3v) is 14.6. The minimum absolute atomic E-state index is 0.0370. The highest BCUT2D eigenvalue weighted by Crippen LogP contribution is 2.49. The fraction of sp³-hybridized carbons (Fsp3) is 0.250. The molecule has 6 aromatic carbocycles. The number of hydrogen-bond donors (Lipinski definition) is 0. The largest absolute Gasteiger partial charge is 0.271 e. The average Bonchev–Trinajstić information content (AvgIpc) is 3.34. The van der Waals surface area contributed by atoms with Crippen molar-refractivity contribution >= 4 is 66.7 Å². The Morgan fingerprint density at radius 1 is 0.406 bits per heavy atom. The molecule has 0 spiro atoms. The van der Waals surface area contributed by atoms with Crippen LogP contribution in [0, 0.1) is 23.7 Å². The number of aromatic nitrogens is 3. The van der Waals surface area contributed by atoms with Crippen molar-refractivity contribution in [3.05, 3.63) is 161 Å². The van der Waals surface area contributed by atoms with Crippen molar-refractivity contribution < 1.29 is 19.2 Å². The molecule has 0 saturated heterocycles. The second-order valence-electron chi connectivity index (χ2n) is 20.3. The maximum absolute atomic E-state index is 15.1. The molecule has 0 atom stereocenters. The van der Waals surface area contributed by atoms with Gasteiger partial charge < -0.3 is 0 Å². The smallest absolute Gasteiger partial charge is 0.261 e. The molecule has 0 unspecified atom stereocenters. The zero-order valence-electron chi connectivity index (χ0n) is 40.2. The summed E-state index contributed by atoms with van der Waals surface area (Å²) in [6.45, 7) is 16.5. The summed E-state index contributed by atoms with van der Waals surface area (Å²) in [5, 5.41) is 6.50. The van der Waals surface area contributed by atoms with Crippen LogP contribution >= 0.6 is 0 Å². The molecule has 9 heteroatoms. The molecule has 5 heterocycles. The third-order valence-electron chi connectivity index (χ3n) is 14.6. The van der Waals surface area contributed by atoms with Crippen LogP contribution in [0.25, 0.3) is 77.0 Å². The molecule has 9 nitrogen and oxygen atoms in total. The number of carbonyl (C=O) groups is 4. The van der Waals surface area contributed by atoms with Crippen LogP contribution in [0.15, 0.2) is 128 Å². The predicted octanol–water partition coefficient (Wildman–Crippen LogP) is 13.1. The van der Waals surface area contributed by atoms with Crippen LogP contribution in [0.4, 0.5) is 0 Å². The molecule has 0 aliphatic carbocycles. The predicted molar refractivity (Wildman–Crippen MR) is 275 cm³/mol. The molecular weight excluding hydrogens is 855 g/mol. The molecule has 2 aliphatic heterocycles. The molecule has 9 aromatic rings. The Labute approximate surface area is 401 Å². The number of fused-ring (bicyclic) bond motifs is 2. The molecule has 3 aromatic heterocycles. The highest BCUT2D eigenvalue weighted by molar-refractivity contribution is 6.41. The first kappa shape index (κ1) is 43.9. The van der Waals surface area contributed by atoms with E-state index in [1.165, 1.54) is 9.80 Å². The Morgan fingerprint density at radius 3 is 1.32 bits per heavy atom. The highest BCUT2D eigenvalue weighted by Gasteiger charge is 2.43. The highest BCUT2D eigenvalue weighted by atomic mass is 16.2. The summed E-state index contributed by atoms with van der Waals surface area (Å²) in [6, 6.07) is 37.2. The molecule has 0 fully saturated rings. The van der Waals surface area contributed by atoms with E-state index in [0.29, 0.717) is 39.4 Å². The van der Waals surface area contributed by atoms with Crippen LogP contribution in [-0.2, 0) is 6.42 Å². The Morgan fingerprint density at radius 2 is 0.855 bits per heavy atom. The van der Waals surface area contributed by atoms with E-state index < -0.39 is 0 Å².